The fourth-order valence-corrected chi connectivity index (χ4v) is 5.66. The van der Waals surface area contributed by atoms with Gasteiger partial charge in [0.15, 0.2) is 0 Å². The number of piperidine rings is 1. The molecule has 0 aliphatic carbocycles. The first-order chi connectivity index (χ1) is 16.9. The average molecular weight is 490 g/mol. The highest BCUT2D eigenvalue weighted by Gasteiger charge is 2.40. The number of aromatic nitrogens is 2. The molecule has 0 bridgehead atoms. The number of thiazole rings is 1. The summed E-state index contributed by atoms with van der Waals surface area (Å²) in [7, 11) is 0. The Balaban J connectivity index is 1.30. The molecule has 1 saturated heterocycles. The molecule has 0 saturated carbocycles. The van der Waals surface area contributed by atoms with Crippen LogP contribution in [0.3, 0.4) is 0 Å². The minimum atomic E-state index is -0.648. The lowest BCUT2D eigenvalue weighted by molar-refractivity contribution is -0.136. The number of amides is 4. The first kappa shape index (κ1) is 22.9. The molecule has 0 spiro atoms. The predicted molar refractivity (Wildman–Crippen MR) is 128 cm³/mol. The van der Waals surface area contributed by atoms with E-state index in [0.717, 1.165) is 39.4 Å². The van der Waals surface area contributed by atoms with Gasteiger partial charge in [-0.15, -0.1) is 11.3 Å². The van der Waals surface area contributed by atoms with Gasteiger partial charge >= 0.3 is 0 Å². The molecular formula is C25H23N5O4S. The Bertz CT molecular complexity index is 1350. The van der Waals surface area contributed by atoms with E-state index < -0.39 is 17.9 Å². The van der Waals surface area contributed by atoms with Crippen LogP contribution < -0.4 is 11.1 Å². The standard InChI is InChI=1S/C25H23N5O4S/c26-22(32)21-14(5-3-11-27-21)4-1-6-15-12-28-24(35-15)16-7-2-8-17-18(16)13-30(25(17)34)19-9-10-20(31)29-23(19)33/h2-3,5,7-8,11-12,19H,1,4,6,9-10,13H2,(H2,26,32)(H,29,31,33). The van der Waals surface area contributed by atoms with Gasteiger partial charge in [0, 0.05) is 41.4 Å². The minimum absolute atomic E-state index is 0.199. The van der Waals surface area contributed by atoms with Gasteiger partial charge in [0.25, 0.3) is 11.8 Å². The van der Waals surface area contributed by atoms with Crippen molar-refractivity contribution in [3.05, 3.63) is 70.0 Å². The molecule has 2 aliphatic rings. The summed E-state index contributed by atoms with van der Waals surface area (Å²) in [5.41, 5.74) is 8.86. The summed E-state index contributed by atoms with van der Waals surface area (Å²) in [4.78, 5) is 59.8. The third-order valence-corrected chi connectivity index (χ3v) is 7.45. The van der Waals surface area contributed by atoms with Crippen molar-refractivity contribution < 1.29 is 19.2 Å². The quantitative estimate of drug-likeness (QED) is 0.489. The number of hydrogen-bond acceptors (Lipinski definition) is 7. The van der Waals surface area contributed by atoms with Crippen molar-refractivity contribution in [3.8, 4) is 10.6 Å². The van der Waals surface area contributed by atoms with Crippen LogP contribution in [0, 0.1) is 0 Å². The number of rotatable bonds is 7. The molecule has 5 rings (SSSR count). The molecule has 4 amide bonds. The summed E-state index contributed by atoms with van der Waals surface area (Å²) in [6, 6.07) is 8.55. The van der Waals surface area contributed by atoms with E-state index in [2.05, 4.69) is 15.3 Å². The minimum Gasteiger partial charge on any atom is -0.364 e. The number of carbonyl (C=O) groups is 4. The number of benzene rings is 1. The Hall–Kier alpha value is -3.92. The van der Waals surface area contributed by atoms with Crippen molar-refractivity contribution in [1.29, 1.82) is 0 Å². The monoisotopic (exact) mass is 489 g/mol. The molecule has 4 heterocycles. The lowest BCUT2D eigenvalue weighted by atomic mass is 10.0. The predicted octanol–water partition coefficient (Wildman–Crippen LogP) is 2.24. The van der Waals surface area contributed by atoms with E-state index in [1.807, 2.05) is 24.4 Å². The smallest absolute Gasteiger partial charge is 0.267 e. The van der Waals surface area contributed by atoms with Gasteiger partial charge in [0.2, 0.25) is 11.8 Å². The Morgan fingerprint density at radius 2 is 1.94 bits per heavy atom. The zero-order chi connectivity index (χ0) is 24.5. The van der Waals surface area contributed by atoms with Gasteiger partial charge in [-0.05, 0) is 48.9 Å². The Morgan fingerprint density at radius 1 is 1.11 bits per heavy atom. The third-order valence-electron chi connectivity index (χ3n) is 6.36. The van der Waals surface area contributed by atoms with Gasteiger partial charge in [-0.1, -0.05) is 18.2 Å². The molecule has 0 radical (unpaired) electrons. The number of nitrogens with one attached hydrogen (secondary N) is 1. The van der Waals surface area contributed by atoms with E-state index in [1.165, 1.54) is 0 Å². The van der Waals surface area contributed by atoms with Crippen LogP contribution in [0.5, 0.6) is 0 Å². The first-order valence-electron chi connectivity index (χ1n) is 11.4. The van der Waals surface area contributed by atoms with E-state index in [1.54, 1.807) is 34.6 Å². The van der Waals surface area contributed by atoms with Crippen LogP contribution in [0.15, 0.2) is 42.7 Å². The molecule has 1 aromatic carbocycles. The third kappa shape index (κ3) is 4.44. The summed E-state index contributed by atoms with van der Waals surface area (Å²) in [5, 5.41) is 3.15. The van der Waals surface area contributed by atoms with Crippen molar-refractivity contribution in [1.82, 2.24) is 20.2 Å². The fourth-order valence-electron chi connectivity index (χ4n) is 4.65. The lowest BCUT2D eigenvalue weighted by Crippen LogP contribution is -2.52. The SMILES string of the molecule is NC(=O)c1ncccc1CCCc1cnc(-c2cccc3c2CN(C2CCC(=O)NC2=O)C3=O)s1. The molecule has 35 heavy (non-hydrogen) atoms. The zero-order valence-corrected chi connectivity index (χ0v) is 19.6. The summed E-state index contributed by atoms with van der Waals surface area (Å²) in [6.45, 7) is 0.308. The van der Waals surface area contributed by atoms with Gasteiger partial charge in [-0.2, -0.15) is 0 Å². The van der Waals surface area contributed by atoms with Crippen LogP contribution in [0.4, 0.5) is 0 Å². The average Bonchev–Trinajstić information content (AvgIpc) is 3.44. The number of nitrogens with two attached hydrogens (primary N) is 1. The van der Waals surface area contributed by atoms with Crippen molar-refractivity contribution in [2.75, 3.05) is 0 Å². The molecule has 2 aliphatic heterocycles. The normalized spacial score (nSPS) is 17.4. The molecule has 9 nitrogen and oxygen atoms in total. The van der Waals surface area contributed by atoms with E-state index in [4.69, 9.17) is 5.73 Å². The number of aryl methyl sites for hydroxylation is 2. The van der Waals surface area contributed by atoms with E-state index in [9.17, 15) is 19.2 Å². The summed E-state index contributed by atoms with van der Waals surface area (Å²) >= 11 is 1.56. The van der Waals surface area contributed by atoms with Crippen molar-refractivity contribution >= 4 is 35.0 Å². The molecule has 1 fully saturated rings. The second-order valence-electron chi connectivity index (χ2n) is 8.59. The maximum Gasteiger partial charge on any atom is 0.267 e. The lowest BCUT2D eigenvalue weighted by Gasteiger charge is -2.29. The molecule has 178 valence electrons. The number of fused-ring (bicyclic) bond motifs is 1. The van der Waals surface area contributed by atoms with Gasteiger partial charge in [0.05, 0.1) is 0 Å². The van der Waals surface area contributed by atoms with Gasteiger partial charge in [-0.25, -0.2) is 4.98 Å². The second-order valence-corrected chi connectivity index (χ2v) is 9.71. The molecule has 10 heteroatoms. The summed E-state index contributed by atoms with van der Waals surface area (Å²) < 4.78 is 0. The van der Waals surface area contributed by atoms with Gasteiger partial charge in [0.1, 0.15) is 16.7 Å². The number of primary amides is 1. The summed E-state index contributed by atoms with van der Waals surface area (Å²) in [5.74, 6) is -1.45. The highest BCUT2D eigenvalue weighted by molar-refractivity contribution is 7.15. The molecular weight excluding hydrogens is 466 g/mol. The molecule has 1 atom stereocenters. The Morgan fingerprint density at radius 3 is 2.74 bits per heavy atom. The second kappa shape index (κ2) is 9.38. The van der Waals surface area contributed by atoms with Gasteiger partial charge in [-0.3, -0.25) is 29.5 Å². The molecule has 3 N–H and O–H groups in total. The number of pyridine rings is 1. The maximum atomic E-state index is 13.1. The Labute approximate surface area is 205 Å². The first-order valence-corrected chi connectivity index (χ1v) is 12.2. The van der Waals surface area contributed by atoms with Crippen LogP contribution in [-0.4, -0.2) is 44.5 Å². The largest absolute Gasteiger partial charge is 0.364 e. The molecule has 3 aromatic rings. The number of hydrogen-bond donors (Lipinski definition) is 2. The van der Waals surface area contributed by atoms with Crippen LogP contribution in [0.25, 0.3) is 10.6 Å². The van der Waals surface area contributed by atoms with Crippen LogP contribution >= 0.6 is 11.3 Å². The molecule has 1 unspecified atom stereocenters. The number of imide groups is 1. The van der Waals surface area contributed by atoms with Crippen molar-refractivity contribution in [2.45, 2.75) is 44.7 Å². The topological polar surface area (TPSA) is 135 Å². The summed E-state index contributed by atoms with van der Waals surface area (Å²) in [6.07, 6.45) is 6.21. The fraction of sp³-hybridized carbons (Fsp3) is 0.280. The van der Waals surface area contributed by atoms with E-state index in [-0.39, 0.29) is 18.2 Å². The highest BCUT2D eigenvalue weighted by Crippen LogP contribution is 2.36. The zero-order valence-electron chi connectivity index (χ0n) is 18.8. The van der Waals surface area contributed by atoms with Crippen molar-refractivity contribution in [3.63, 3.8) is 0 Å². The maximum absolute atomic E-state index is 13.1. The van der Waals surface area contributed by atoms with E-state index in [0.29, 0.717) is 30.6 Å². The van der Waals surface area contributed by atoms with Crippen LogP contribution in [0.2, 0.25) is 0 Å². The van der Waals surface area contributed by atoms with Gasteiger partial charge < -0.3 is 10.6 Å². The van der Waals surface area contributed by atoms with Crippen LogP contribution in [-0.2, 0) is 29.0 Å². The van der Waals surface area contributed by atoms with E-state index >= 15 is 0 Å². The Kier molecular flexibility index (Phi) is 6.12. The van der Waals surface area contributed by atoms with Crippen molar-refractivity contribution in [2.24, 2.45) is 5.73 Å². The highest BCUT2D eigenvalue weighted by atomic mass is 32.1. The number of nitrogens with zero attached hydrogens (tertiary/aromatic N) is 3. The molecule has 2 aromatic heterocycles. The van der Waals surface area contributed by atoms with Crippen LogP contribution in [0.1, 0.15) is 56.1 Å². The number of carbonyl (C=O) groups excluding carboxylic acids is 4.